The molecule has 1 aliphatic heterocycles. The van der Waals surface area contributed by atoms with Crippen molar-refractivity contribution in [2.75, 3.05) is 45.8 Å². The summed E-state index contributed by atoms with van der Waals surface area (Å²) in [7, 11) is 0. The van der Waals surface area contributed by atoms with E-state index in [4.69, 9.17) is 0 Å². The second-order valence-electron chi connectivity index (χ2n) is 6.34. The van der Waals surface area contributed by atoms with E-state index >= 15 is 0 Å². The molecule has 0 atom stereocenters. The van der Waals surface area contributed by atoms with Crippen LogP contribution >= 0.6 is 0 Å². The van der Waals surface area contributed by atoms with Crippen molar-refractivity contribution >= 4 is 0 Å². The van der Waals surface area contributed by atoms with E-state index in [2.05, 4.69) is 15.5 Å². The zero-order valence-electron chi connectivity index (χ0n) is 12.6. The molecule has 0 bridgehead atoms. The van der Waals surface area contributed by atoms with Crippen LogP contribution in [0.25, 0.3) is 0 Å². The van der Waals surface area contributed by atoms with Crippen molar-refractivity contribution in [3.63, 3.8) is 0 Å². The fourth-order valence-corrected chi connectivity index (χ4v) is 3.43. The molecule has 0 amide bonds. The van der Waals surface area contributed by atoms with Crippen LogP contribution in [0.3, 0.4) is 0 Å². The van der Waals surface area contributed by atoms with Crippen LogP contribution in [0, 0.1) is 5.92 Å². The summed E-state index contributed by atoms with van der Waals surface area (Å²) in [5, 5.41) is 7.05. The lowest BCUT2D eigenvalue weighted by atomic mass is 9.87. The van der Waals surface area contributed by atoms with Crippen LogP contribution in [-0.4, -0.2) is 50.7 Å². The number of hydrogen-bond acceptors (Lipinski definition) is 3. The quantitative estimate of drug-likeness (QED) is 0.661. The molecule has 1 heterocycles. The van der Waals surface area contributed by atoms with Gasteiger partial charge in [0.1, 0.15) is 0 Å². The Bertz CT molecular complexity index is 186. The molecule has 0 spiro atoms. The van der Waals surface area contributed by atoms with Gasteiger partial charge in [0.05, 0.1) is 0 Å². The van der Waals surface area contributed by atoms with Gasteiger partial charge in [-0.15, -0.1) is 0 Å². The topological polar surface area (TPSA) is 27.3 Å². The third-order valence-electron chi connectivity index (χ3n) is 4.74. The number of unbranched alkanes of at least 4 members (excludes halogenated alkanes) is 1. The van der Waals surface area contributed by atoms with E-state index in [0.717, 1.165) is 5.92 Å². The Kier molecular flexibility index (Phi) is 7.82. The highest BCUT2D eigenvalue weighted by Crippen LogP contribution is 2.25. The van der Waals surface area contributed by atoms with Crippen molar-refractivity contribution in [3.05, 3.63) is 0 Å². The minimum absolute atomic E-state index is 1.03. The van der Waals surface area contributed by atoms with Gasteiger partial charge >= 0.3 is 0 Å². The lowest BCUT2D eigenvalue weighted by Gasteiger charge is -2.27. The van der Waals surface area contributed by atoms with Crippen molar-refractivity contribution in [3.8, 4) is 0 Å². The molecule has 0 aromatic carbocycles. The summed E-state index contributed by atoms with van der Waals surface area (Å²) in [6, 6.07) is 0. The molecule has 3 heteroatoms. The Balaban J connectivity index is 1.35. The van der Waals surface area contributed by atoms with Gasteiger partial charge in [-0.2, -0.15) is 0 Å². The average Bonchev–Trinajstić information content (AvgIpc) is 2.48. The van der Waals surface area contributed by atoms with Crippen LogP contribution in [0.5, 0.6) is 0 Å². The van der Waals surface area contributed by atoms with Crippen LogP contribution < -0.4 is 10.6 Å². The fraction of sp³-hybridized carbons (Fsp3) is 1.00. The maximum Gasteiger partial charge on any atom is 0.0107 e. The van der Waals surface area contributed by atoms with Crippen molar-refractivity contribution in [1.82, 2.24) is 15.5 Å². The second kappa shape index (κ2) is 9.73. The second-order valence-corrected chi connectivity index (χ2v) is 6.34. The van der Waals surface area contributed by atoms with Crippen molar-refractivity contribution in [2.24, 2.45) is 5.92 Å². The smallest absolute Gasteiger partial charge is 0.0107 e. The van der Waals surface area contributed by atoms with Crippen LogP contribution in [0.2, 0.25) is 0 Å². The fourth-order valence-electron chi connectivity index (χ4n) is 3.43. The van der Waals surface area contributed by atoms with Gasteiger partial charge in [-0.05, 0) is 44.8 Å². The predicted molar refractivity (Wildman–Crippen MR) is 82.6 cm³/mol. The van der Waals surface area contributed by atoms with E-state index in [-0.39, 0.29) is 0 Å². The number of hydrogen-bond donors (Lipinski definition) is 2. The zero-order valence-corrected chi connectivity index (χ0v) is 12.6. The molecule has 0 radical (unpaired) electrons. The Morgan fingerprint density at radius 1 is 0.947 bits per heavy atom. The Labute approximate surface area is 119 Å². The summed E-state index contributed by atoms with van der Waals surface area (Å²) in [4.78, 5) is 2.60. The molecule has 0 aromatic heterocycles. The van der Waals surface area contributed by atoms with E-state index in [1.165, 1.54) is 97.2 Å². The average molecular weight is 267 g/mol. The van der Waals surface area contributed by atoms with Gasteiger partial charge in [-0.25, -0.2) is 0 Å². The maximum absolute atomic E-state index is 3.64. The highest BCUT2D eigenvalue weighted by Gasteiger charge is 2.12. The Morgan fingerprint density at radius 2 is 1.74 bits per heavy atom. The van der Waals surface area contributed by atoms with Crippen molar-refractivity contribution in [2.45, 2.75) is 51.4 Å². The molecule has 1 aliphatic carbocycles. The van der Waals surface area contributed by atoms with Gasteiger partial charge in [-0.1, -0.05) is 32.1 Å². The molecule has 0 unspecified atom stereocenters. The van der Waals surface area contributed by atoms with Crippen LogP contribution in [-0.2, 0) is 0 Å². The summed E-state index contributed by atoms with van der Waals surface area (Å²) in [6.07, 6.45) is 11.5. The monoisotopic (exact) mass is 267 g/mol. The normalized spacial score (nSPS) is 22.7. The summed E-state index contributed by atoms with van der Waals surface area (Å²) < 4.78 is 0. The number of rotatable bonds is 8. The summed E-state index contributed by atoms with van der Waals surface area (Å²) in [5.41, 5.74) is 0. The van der Waals surface area contributed by atoms with Gasteiger partial charge in [0.15, 0.2) is 0 Å². The van der Waals surface area contributed by atoms with Crippen molar-refractivity contribution in [1.29, 1.82) is 0 Å². The molecule has 1 saturated heterocycles. The highest BCUT2D eigenvalue weighted by molar-refractivity contribution is 4.68. The lowest BCUT2D eigenvalue weighted by Crippen LogP contribution is -2.43. The molecule has 2 rings (SSSR count). The molecule has 19 heavy (non-hydrogen) atoms. The molecule has 2 aliphatic rings. The van der Waals surface area contributed by atoms with E-state index < -0.39 is 0 Å². The van der Waals surface area contributed by atoms with Crippen LogP contribution in [0.4, 0.5) is 0 Å². The van der Waals surface area contributed by atoms with E-state index in [1.807, 2.05) is 0 Å². The van der Waals surface area contributed by atoms with E-state index in [9.17, 15) is 0 Å². The SMILES string of the molecule is C1CCC(CCNCCCCN2CCNCC2)CC1. The number of nitrogens with zero attached hydrogens (tertiary/aromatic N) is 1. The minimum atomic E-state index is 1.03. The first-order valence-corrected chi connectivity index (χ1v) is 8.59. The summed E-state index contributed by atoms with van der Waals surface area (Å²) in [6.45, 7) is 8.62. The number of piperazine rings is 1. The summed E-state index contributed by atoms with van der Waals surface area (Å²) >= 11 is 0. The van der Waals surface area contributed by atoms with E-state index in [0.29, 0.717) is 0 Å². The highest BCUT2D eigenvalue weighted by atomic mass is 15.2. The molecule has 1 saturated carbocycles. The van der Waals surface area contributed by atoms with Crippen LogP contribution in [0.1, 0.15) is 51.4 Å². The molecule has 112 valence electrons. The minimum Gasteiger partial charge on any atom is -0.317 e. The lowest BCUT2D eigenvalue weighted by molar-refractivity contribution is 0.236. The maximum atomic E-state index is 3.64. The predicted octanol–water partition coefficient (Wildman–Crippen LogP) is 2.23. The molecule has 0 aromatic rings. The van der Waals surface area contributed by atoms with Gasteiger partial charge in [-0.3, -0.25) is 0 Å². The van der Waals surface area contributed by atoms with E-state index in [1.54, 1.807) is 0 Å². The van der Waals surface area contributed by atoms with Crippen molar-refractivity contribution < 1.29 is 0 Å². The largest absolute Gasteiger partial charge is 0.317 e. The van der Waals surface area contributed by atoms with Crippen LogP contribution in [0.15, 0.2) is 0 Å². The van der Waals surface area contributed by atoms with Gasteiger partial charge < -0.3 is 15.5 Å². The first-order valence-electron chi connectivity index (χ1n) is 8.59. The molecule has 2 N–H and O–H groups in total. The van der Waals surface area contributed by atoms with Gasteiger partial charge in [0.25, 0.3) is 0 Å². The third-order valence-corrected chi connectivity index (χ3v) is 4.74. The first-order chi connectivity index (χ1) is 9.45. The van der Waals surface area contributed by atoms with Gasteiger partial charge in [0, 0.05) is 26.2 Å². The Hall–Kier alpha value is -0.120. The third kappa shape index (κ3) is 6.73. The Morgan fingerprint density at radius 3 is 2.53 bits per heavy atom. The van der Waals surface area contributed by atoms with Gasteiger partial charge in [0.2, 0.25) is 0 Å². The molecular weight excluding hydrogens is 234 g/mol. The number of nitrogens with one attached hydrogen (secondary N) is 2. The molecule has 2 fully saturated rings. The first kappa shape index (κ1) is 15.3. The zero-order chi connectivity index (χ0) is 13.2. The molecule has 3 nitrogen and oxygen atoms in total. The molecular formula is C16H33N3. The summed E-state index contributed by atoms with van der Waals surface area (Å²) in [5.74, 6) is 1.03. The standard InChI is InChI=1S/C16H33N3/c1-2-6-16(7-3-1)8-10-17-9-4-5-13-19-14-11-18-12-15-19/h16-18H,1-15H2.